The molecule has 2 aromatic rings. The van der Waals surface area contributed by atoms with Gasteiger partial charge >= 0.3 is 5.69 Å². The minimum Gasteiger partial charge on any atom is -0.338 e. The molecule has 1 aromatic carbocycles. The maximum absolute atomic E-state index is 13.3. The van der Waals surface area contributed by atoms with E-state index in [4.69, 9.17) is 0 Å². The van der Waals surface area contributed by atoms with Gasteiger partial charge in [0, 0.05) is 38.6 Å². The van der Waals surface area contributed by atoms with Crippen LogP contribution in [-0.2, 0) is 21.4 Å². The quantitative estimate of drug-likeness (QED) is 0.739. The van der Waals surface area contributed by atoms with Crippen molar-refractivity contribution < 1.29 is 13.2 Å². The normalized spacial score (nSPS) is 15.5. The summed E-state index contributed by atoms with van der Waals surface area (Å²) in [6, 6.07) is 3.59. The molecule has 1 fully saturated rings. The molecule has 1 aliphatic rings. The summed E-state index contributed by atoms with van der Waals surface area (Å²) in [4.78, 5) is 29.8. The van der Waals surface area contributed by atoms with Gasteiger partial charge in [-0.15, -0.1) is 0 Å². The average Bonchev–Trinajstić information content (AvgIpc) is 2.68. The van der Waals surface area contributed by atoms with Crippen LogP contribution in [0, 0.1) is 27.7 Å². The second-order valence-electron chi connectivity index (χ2n) is 7.40. The number of carbonyl (C=O) groups excluding carboxylic acids is 1. The van der Waals surface area contributed by atoms with E-state index in [0.29, 0.717) is 4.90 Å². The zero-order chi connectivity index (χ0) is 21.3. The van der Waals surface area contributed by atoms with Crippen LogP contribution in [0.5, 0.6) is 0 Å². The van der Waals surface area contributed by atoms with Crippen molar-refractivity contribution in [3.05, 3.63) is 57.3 Å². The lowest BCUT2D eigenvalue weighted by Gasteiger charge is -2.35. The summed E-state index contributed by atoms with van der Waals surface area (Å²) in [5.74, 6) is -0.226. The third kappa shape index (κ3) is 4.11. The van der Waals surface area contributed by atoms with Crippen molar-refractivity contribution in [3.8, 4) is 0 Å². The Bertz CT molecular complexity index is 1070. The maximum Gasteiger partial charge on any atom is 0.347 e. The van der Waals surface area contributed by atoms with E-state index in [1.54, 1.807) is 11.0 Å². The highest BCUT2D eigenvalue weighted by atomic mass is 32.2. The molecule has 9 heteroatoms. The number of carbonyl (C=O) groups is 1. The number of aromatic nitrogens is 2. The van der Waals surface area contributed by atoms with E-state index in [0.717, 1.165) is 22.3 Å². The van der Waals surface area contributed by atoms with Crippen LogP contribution in [0.3, 0.4) is 0 Å². The van der Waals surface area contributed by atoms with E-state index in [1.165, 1.54) is 21.3 Å². The molecule has 1 aromatic heterocycles. The smallest absolute Gasteiger partial charge is 0.338 e. The van der Waals surface area contributed by atoms with E-state index in [1.807, 2.05) is 33.8 Å². The number of hydrogen-bond donors (Lipinski definition) is 0. The molecule has 0 saturated carbocycles. The standard InChI is InChI=1S/C20H26N4O4S/c1-14-12-15(2)17(4)19(16(14)3)29(27,28)24-10-8-22(9-11-24)18(25)13-23-7-5-6-21-20(23)26/h5-7,12H,8-11,13H2,1-4H3. The van der Waals surface area contributed by atoms with Crippen molar-refractivity contribution in [3.63, 3.8) is 0 Å². The van der Waals surface area contributed by atoms with Crippen LogP contribution in [0.2, 0.25) is 0 Å². The predicted octanol–water partition coefficient (Wildman–Crippen LogP) is 1.01. The average molecular weight is 419 g/mol. The first-order valence-electron chi connectivity index (χ1n) is 9.49. The third-order valence-electron chi connectivity index (χ3n) is 5.57. The fourth-order valence-electron chi connectivity index (χ4n) is 3.63. The molecular formula is C20H26N4O4S. The van der Waals surface area contributed by atoms with Gasteiger partial charge in [0.2, 0.25) is 15.9 Å². The summed E-state index contributed by atoms with van der Waals surface area (Å²) in [5.41, 5.74) is 2.94. The highest BCUT2D eigenvalue weighted by Crippen LogP contribution is 2.29. The molecule has 2 heterocycles. The van der Waals surface area contributed by atoms with Crippen LogP contribution in [0.15, 0.2) is 34.2 Å². The van der Waals surface area contributed by atoms with Gasteiger partial charge in [0.05, 0.1) is 4.90 Å². The fraction of sp³-hybridized carbons (Fsp3) is 0.450. The van der Waals surface area contributed by atoms with Crippen LogP contribution in [-0.4, -0.2) is 59.3 Å². The van der Waals surface area contributed by atoms with E-state index >= 15 is 0 Å². The first-order valence-corrected chi connectivity index (χ1v) is 10.9. The Balaban J connectivity index is 1.75. The van der Waals surface area contributed by atoms with Gasteiger partial charge in [0.15, 0.2) is 0 Å². The summed E-state index contributed by atoms with van der Waals surface area (Å²) in [7, 11) is -3.65. The topological polar surface area (TPSA) is 92.6 Å². The van der Waals surface area contributed by atoms with Crippen molar-refractivity contribution in [2.75, 3.05) is 26.2 Å². The molecule has 29 heavy (non-hydrogen) atoms. The number of rotatable bonds is 4. The second kappa shape index (κ2) is 8.08. The van der Waals surface area contributed by atoms with Crippen molar-refractivity contribution in [1.82, 2.24) is 18.8 Å². The number of aryl methyl sites for hydroxylation is 2. The molecule has 0 bridgehead atoms. The summed E-state index contributed by atoms with van der Waals surface area (Å²) in [6.45, 7) is 8.42. The van der Waals surface area contributed by atoms with Crippen LogP contribution >= 0.6 is 0 Å². The Hall–Kier alpha value is -2.52. The van der Waals surface area contributed by atoms with Crippen molar-refractivity contribution in [2.45, 2.75) is 39.1 Å². The van der Waals surface area contributed by atoms with Crippen LogP contribution < -0.4 is 5.69 Å². The Morgan fingerprint density at radius 2 is 1.62 bits per heavy atom. The van der Waals surface area contributed by atoms with E-state index < -0.39 is 15.7 Å². The Morgan fingerprint density at radius 3 is 2.17 bits per heavy atom. The molecule has 156 valence electrons. The van der Waals surface area contributed by atoms with E-state index in [-0.39, 0.29) is 38.6 Å². The summed E-state index contributed by atoms with van der Waals surface area (Å²) >= 11 is 0. The SMILES string of the molecule is Cc1cc(C)c(C)c(S(=O)(=O)N2CCN(C(=O)Cn3cccnc3=O)CC2)c1C. The minimum absolute atomic E-state index is 0.102. The number of sulfonamides is 1. The molecule has 0 unspecified atom stereocenters. The van der Waals surface area contributed by atoms with Crippen LogP contribution in [0.25, 0.3) is 0 Å². The first-order chi connectivity index (χ1) is 13.6. The summed E-state index contributed by atoms with van der Waals surface area (Å²) < 4.78 is 29.3. The molecule has 1 amide bonds. The molecular weight excluding hydrogens is 392 g/mol. The zero-order valence-corrected chi connectivity index (χ0v) is 18.0. The number of hydrogen-bond acceptors (Lipinski definition) is 5. The Morgan fingerprint density at radius 1 is 1.03 bits per heavy atom. The van der Waals surface area contributed by atoms with Crippen molar-refractivity contribution in [1.29, 1.82) is 0 Å². The maximum atomic E-state index is 13.3. The van der Waals surface area contributed by atoms with Gasteiger partial charge in [-0.05, 0) is 56.0 Å². The van der Waals surface area contributed by atoms with Gasteiger partial charge in [0.1, 0.15) is 6.54 Å². The second-order valence-corrected chi connectivity index (χ2v) is 9.28. The Labute approximate surface area is 170 Å². The minimum atomic E-state index is -3.65. The number of benzene rings is 1. The molecule has 3 rings (SSSR count). The summed E-state index contributed by atoms with van der Waals surface area (Å²) in [6.07, 6.45) is 2.89. The Kier molecular flexibility index (Phi) is 5.90. The molecule has 0 N–H and O–H groups in total. The monoisotopic (exact) mass is 418 g/mol. The molecule has 1 saturated heterocycles. The van der Waals surface area contributed by atoms with Gasteiger partial charge in [-0.2, -0.15) is 4.31 Å². The number of piperazine rings is 1. The fourth-order valence-corrected chi connectivity index (χ4v) is 5.63. The lowest BCUT2D eigenvalue weighted by molar-refractivity contribution is -0.133. The first kappa shape index (κ1) is 21.2. The highest BCUT2D eigenvalue weighted by Gasteiger charge is 2.32. The van der Waals surface area contributed by atoms with E-state index in [2.05, 4.69) is 4.98 Å². The predicted molar refractivity (Wildman–Crippen MR) is 109 cm³/mol. The van der Waals surface area contributed by atoms with Crippen LogP contribution in [0.4, 0.5) is 0 Å². The van der Waals surface area contributed by atoms with Gasteiger partial charge in [-0.25, -0.2) is 18.2 Å². The molecule has 0 aliphatic carbocycles. The molecule has 1 aliphatic heterocycles. The zero-order valence-electron chi connectivity index (χ0n) is 17.2. The van der Waals surface area contributed by atoms with Gasteiger partial charge in [-0.1, -0.05) is 6.07 Å². The molecule has 8 nitrogen and oxygen atoms in total. The van der Waals surface area contributed by atoms with Gasteiger partial charge < -0.3 is 4.90 Å². The number of amides is 1. The van der Waals surface area contributed by atoms with Gasteiger partial charge in [-0.3, -0.25) is 9.36 Å². The lowest BCUT2D eigenvalue weighted by Crippen LogP contribution is -2.51. The molecule has 0 atom stereocenters. The lowest BCUT2D eigenvalue weighted by atomic mass is 10.0. The van der Waals surface area contributed by atoms with Crippen LogP contribution in [0.1, 0.15) is 22.3 Å². The largest absolute Gasteiger partial charge is 0.347 e. The molecule has 0 spiro atoms. The van der Waals surface area contributed by atoms with Crippen molar-refractivity contribution >= 4 is 15.9 Å². The third-order valence-corrected chi connectivity index (χ3v) is 7.75. The highest BCUT2D eigenvalue weighted by molar-refractivity contribution is 7.89. The number of nitrogens with zero attached hydrogens (tertiary/aromatic N) is 4. The summed E-state index contributed by atoms with van der Waals surface area (Å²) in [5, 5.41) is 0. The van der Waals surface area contributed by atoms with E-state index in [9.17, 15) is 18.0 Å². The van der Waals surface area contributed by atoms with Crippen molar-refractivity contribution in [2.24, 2.45) is 0 Å². The van der Waals surface area contributed by atoms with Gasteiger partial charge in [0.25, 0.3) is 0 Å². The molecule has 0 radical (unpaired) electrons.